The second kappa shape index (κ2) is 6.71. The standard InChI is InChI=1S/C16H15N3O4S/c1-9-6-14(19-23-9)18-15(20)11-8-24-16(17-11)10-4-5-12(21-2)13(7-10)22-3/h4-8H,1-3H3,(H,18,19,20). The van der Waals surface area contributed by atoms with Gasteiger partial charge in [-0.3, -0.25) is 4.79 Å². The third kappa shape index (κ3) is 3.23. The summed E-state index contributed by atoms with van der Waals surface area (Å²) in [6.07, 6.45) is 0. The van der Waals surface area contributed by atoms with Crippen molar-refractivity contribution in [1.82, 2.24) is 10.1 Å². The summed E-state index contributed by atoms with van der Waals surface area (Å²) in [6.45, 7) is 1.75. The Bertz CT molecular complexity index is 872. The molecule has 1 N–H and O–H groups in total. The van der Waals surface area contributed by atoms with E-state index in [0.717, 1.165) is 5.56 Å². The van der Waals surface area contributed by atoms with E-state index in [4.69, 9.17) is 14.0 Å². The Hall–Kier alpha value is -2.87. The number of methoxy groups -OCH3 is 2. The van der Waals surface area contributed by atoms with Gasteiger partial charge in [-0.1, -0.05) is 5.16 Å². The average Bonchev–Trinajstić information content (AvgIpc) is 3.23. The van der Waals surface area contributed by atoms with Gasteiger partial charge in [-0.15, -0.1) is 11.3 Å². The zero-order chi connectivity index (χ0) is 17.1. The molecule has 0 radical (unpaired) electrons. The molecule has 2 heterocycles. The molecule has 0 saturated heterocycles. The minimum Gasteiger partial charge on any atom is -0.493 e. The maximum atomic E-state index is 12.2. The van der Waals surface area contributed by atoms with Gasteiger partial charge in [0.05, 0.1) is 14.2 Å². The van der Waals surface area contributed by atoms with Crippen LogP contribution in [0.2, 0.25) is 0 Å². The van der Waals surface area contributed by atoms with Crippen molar-refractivity contribution in [3.63, 3.8) is 0 Å². The smallest absolute Gasteiger partial charge is 0.276 e. The van der Waals surface area contributed by atoms with Gasteiger partial charge in [-0.2, -0.15) is 0 Å². The summed E-state index contributed by atoms with van der Waals surface area (Å²) in [6, 6.07) is 7.12. The zero-order valence-corrected chi connectivity index (χ0v) is 14.1. The number of hydrogen-bond acceptors (Lipinski definition) is 7. The van der Waals surface area contributed by atoms with E-state index < -0.39 is 0 Å². The Morgan fingerprint density at radius 1 is 1.21 bits per heavy atom. The lowest BCUT2D eigenvalue weighted by Crippen LogP contribution is -2.12. The molecule has 1 aromatic carbocycles. The van der Waals surface area contributed by atoms with E-state index >= 15 is 0 Å². The normalized spacial score (nSPS) is 10.5. The van der Waals surface area contributed by atoms with Crippen LogP contribution in [0.25, 0.3) is 10.6 Å². The number of aryl methyl sites for hydroxylation is 1. The summed E-state index contributed by atoms with van der Waals surface area (Å²) in [5, 5.41) is 8.76. The van der Waals surface area contributed by atoms with E-state index in [2.05, 4.69) is 15.5 Å². The molecule has 0 aliphatic rings. The van der Waals surface area contributed by atoms with Crippen LogP contribution >= 0.6 is 11.3 Å². The molecule has 0 fully saturated rings. The molecule has 0 atom stereocenters. The first-order chi connectivity index (χ1) is 11.6. The predicted octanol–water partition coefficient (Wildman–Crippen LogP) is 3.38. The molecule has 0 aliphatic carbocycles. The molecule has 8 heteroatoms. The minimum atomic E-state index is -0.341. The van der Waals surface area contributed by atoms with E-state index in [0.29, 0.717) is 33.8 Å². The maximum absolute atomic E-state index is 12.2. The number of ether oxygens (including phenoxy) is 2. The van der Waals surface area contributed by atoms with Gasteiger partial charge in [0.25, 0.3) is 5.91 Å². The van der Waals surface area contributed by atoms with Crippen molar-refractivity contribution in [2.45, 2.75) is 6.92 Å². The fourth-order valence-corrected chi connectivity index (χ4v) is 2.88. The highest BCUT2D eigenvalue weighted by Crippen LogP contribution is 2.33. The summed E-state index contributed by atoms with van der Waals surface area (Å²) in [7, 11) is 3.15. The third-order valence-corrected chi connectivity index (χ3v) is 4.13. The van der Waals surface area contributed by atoms with Crippen LogP contribution in [0.3, 0.4) is 0 Å². The monoisotopic (exact) mass is 345 g/mol. The van der Waals surface area contributed by atoms with Crippen LogP contribution in [0.5, 0.6) is 11.5 Å². The number of nitrogens with zero attached hydrogens (tertiary/aromatic N) is 2. The lowest BCUT2D eigenvalue weighted by atomic mass is 10.2. The zero-order valence-electron chi connectivity index (χ0n) is 13.3. The minimum absolute atomic E-state index is 0.311. The van der Waals surface area contributed by atoms with Crippen molar-refractivity contribution in [2.24, 2.45) is 0 Å². The fourth-order valence-electron chi connectivity index (χ4n) is 2.09. The summed E-state index contributed by atoms with van der Waals surface area (Å²) in [4.78, 5) is 16.6. The lowest BCUT2D eigenvalue weighted by Gasteiger charge is -2.08. The van der Waals surface area contributed by atoms with Crippen LogP contribution in [0.1, 0.15) is 16.2 Å². The van der Waals surface area contributed by atoms with Crippen molar-refractivity contribution in [2.75, 3.05) is 19.5 Å². The van der Waals surface area contributed by atoms with Crippen LogP contribution in [-0.2, 0) is 0 Å². The van der Waals surface area contributed by atoms with Crippen molar-refractivity contribution in [1.29, 1.82) is 0 Å². The number of carbonyl (C=O) groups excluding carboxylic acids is 1. The van der Waals surface area contributed by atoms with E-state index in [1.54, 1.807) is 38.7 Å². The number of benzene rings is 1. The fraction of sp³-hybridized carbons (Fsp3) is 0.188. The van der Waals surface area contributed by atoms with Gasteiger partial charge in [-0.25, -0.2) is 4.98 Å². The quantitative estimate of drug-likeness (QED) is 0.763. The van der Waals surface area contributed by atoms with Crippen LogP contribution in [0, 0.1) is 6.92 Å². The first kappa shape index (κ1) is 16.0. The summed E-state index contributed by atoms with van der Waals surface area (Å²) >= 11 is 1.37. The molecule has 1 amide bonds. The first-order valence-electron chi connectivity index (χ1n) is 7.03. The van der Waals surface area contributed by atoms with Gasteiger partial charge in [0.1, 0.15) is 16.5 Å². The maximum Gasteiger partial charge on any atom is 0.276 e. The molecule has 0 aliphatic heterocycles. The van der Waals surface area contributed by atoms with Gasteiger partial charge >= 0.3 is 0 Å². The largest absolute Gasteiger partial charge is 0.493 e. The molecule has 3 aromatic rings. The van der Waals surface area contributed by atoms with Crippen LogP contribution in [-0.4, -0.2) is 30.3 Å². The van der Waals surface area contributed by atoms with Crippen molar-refractivity contribution < 1.29 is 18.8 Å². The van der Waals surface area contributed by atoms with Gasteiger partial charge in [0.2, 0.25) is 0 Å². The first-order valence-corrected chi connectivity index (χ1v) is 7.91. The average molecular weight is 345 g/mol. The molecule has 24 heavy (non-hydrogen) atoms. The molecule has 7 nitrogen and oxygen atoms in total. The summed E-state index contributed by atoms with van der Waals surface area (Å²) in [5.41, 5.74) is 1.15. The van der Waals surface area contributed by atoms with Crippen molar-refractivity contribution in [3.05, 3.63) is 41.1 Å². The van der Waals surface area contributed by atoms with Gasteiger partial charge in [-0.05, 0) is 25.1 Å². The topological polar surface area (TPSA) is 86.5 Å². The molecular weight excluding hydrogens is 330 g/mol. The van der Waals surface area contributed by atoms with Crippen LogP contribution in [0.4, 0.5) is 5.82 Å². The highest BCUT2D eigenvalue weighted by Gasteiger charge is 2.15. The Balaban J connectivity index is 1.81. The second-order valence-corrected chi connectivity index (χ2v) is 5.74. The number of hydrogen-bond donors (Lipinski definition) is 1. The molecule has 3 rings (SSSR count). The highest BCUT2D eigenvalue weighted by molar-refractivity contribution is 7.13. The highest BCUT2D eigenvalue weighted by atomic mass is 32.1. The predicted molar refractivity (Wildman–Crippen MR) is 89.8 cm³/mol. The van der Waals surface area contributed by atoms with E-state index in [-0.39, 0.29) is 5.91 Å². The lowest BCUT2D eigenvalue weighted by molar-refractivity contribution is 0.102. The molecule has 0 bridgehead atoms. The van der Waals surface area contributed by atoms with Gasteiger partial charge < -0.3 is 19.3 Å². The van der Waals surface area contributed by atoms with Crippen molar-refractivity contribution in [3.8, 4) is 22.1 Å². The molecule has 2 aromatic heterocycles. The van der Waals surface area contributed by atoms with E-state index in [1.165, 1.54) is 11.3 Å². The van der Waals surface area contributed by atoms with Gasteiger partial charge in [0.15, 0.2) is 17.3 Å². The Kier molecular flexibility index (Phi) is 4.48. The van der Waals surface area contributed by atoms with Crippen LogP contribution in [0.15, 0.2) is 34.2 Å². The molecule has 0 saturated carbocycles. The van der Waals surface area contributed by atoms with Crippen molar-refractivity contribution >= 4 is 23.1 Å². The number of carbonyl (C=O) groups is 1. The number of nitrogens with one attached hydrogen (secondary N) is 1. The van der Waals surface area contributed by atoms with E-state index in [1.807, 2.05) is 12.1 Å². The number of aromatic nitrogens is 2. The number of anilines is 1. The number of amides is 1. The Morgan fingerprint density at radius 3 is 2.67 bits per heavy atom. The van der Waals surface area contributed by atoms with Gasteiger partial charge in [0, 0.05) is 17.0 Å². The van der Waals surface area contributed by atoms with E-state index in [9.17, 15) is 4.79 Å². The number of rotatable bonds is 5. The van der Waals surface area contributed by atoms with Crippen LogP contribution < -0.4 is 14.8 Å². The summed E-state index contributed by atoms with van der Waals surface area (Å²) in [5.74, 6) is 1.88. The Labute approximate surface area is 142 Å². The number of thiazole rings is 1. The molecule has 0 unspecified atom stereocenters. The SMILES string of the molecule is COc1ccc(-c2nc(C(=O)Nc3cc(C)on3)cs2)cc1OC. The molecule has 0 spiro atoms. The third-order valence-electron chi connectivity index (χ3n) is 3.24. The Morgan fingerprint density at radius 2 is 2.00 bits per heavy atom. The second-order valence-electron chi connectivity index (χ2n) is 4.88. The molecular formula is C16H15N3O4S. The summed E-state index contributed by atoms with van der Waals surface area (Å²) < 4.78 is 15.4. The molecule has 124 valence electrons.